The lowest BCUT2D eigenvalue weighted by Gasteiger charge is -2.04. The summed E-state index contributed by atoms with van der Waals surface area (Å²) in [5.41, 5.74) is -0.344. The van der Waals surface area contributed by atoms with Crippen LogP contribution < -0.4 is 0 Å². The van der Waals surface area contributed by atoms with Crippen molar-refractivity contribution < 1.29 is 23.1 Å². The summed E-state index contributed by atoms with van der Waals surface area (Å²) in [5, 5.41) is 9.31. The van der Waals surface area contributed by atoms with E-state index in [1.54, 1.807) is 0 Å². The zero-order valence-corrected chi connectivity index (χ0v) is 11.7. The van der Waals surface area contributed by atoms with Gasteiger partial charge in [-0.15, -0.1) is 11.3 Å². The summed E-state index contributed by atoms with van der Waals surface area (Å²) >= 11 is 1.03. The van der Waals surface area contributed by atoms with E-state index in [0.717, 1.165) is 23.5 Å². The number of phenolic OH excluding ortho intramolecular Hbond substituents is 1. The topological polar surface area (TPSA) is 50.2 Å². The normalized spacial score (nSPS) is 11.8. The minimum atomic E-state index is -4.45. The molecule has 3 nitrogen and oxygen atoms in total. The van der Waals surface area contributed by atoms with Crippen LogP contribution in [0.2, 0.25) is 0 Å². The molecule has 1 heterocycles. The zero-order valence-electron chi connectivity index (χ0n) is 10.9. The van der Waals surface area contributed by atoms with Crippen molar-refractivity contribution in [2.75, 3.05) is 0 Å². The Morgan fingerprint density at radius 2 is 1.77 bits per heavy atom. The molecule has 7 heteroatoms. The van der Waals surface area contributed by atoms with Gasteiger partial charge in [0.25, 0.3) is 0 Å². The summed E-state index contributed by atoms with van der Waals surface area (Å²) in [7, 11) is 0. The lowest BCUT2D eigenvalue weighted by molar-refractivity contribution is -0.137. The minimum absolute atomic E-state index is 0.0238. The maximum absolute atomic E-state index is 12.7. The number of aromatic nitrogens is 1. The number of benzene rings is 2. The first-order valence-electron chi connectivity index (χ1n) is 6.16. The van der Waals surface area contributed by atoms with Crippen molar-refractivity contribution in [2.24, 2.45) is 0 Å². The third kappa shape index (κ3) is 2.67. The molecule has 0 bridgehead atoms. The first kappa shape index (κ1) is 14.5. The molecule has 3 rings (SSSR count). The van der Waals surface area contributed by atoms with E-state index in [-0.39, 0.29) is 16.3 Å². The maximum Gasteiger partial charge on any atom is 0.416 e. The highest BCUT2D eigenvalue weighted by molar-refractivity contribution is 7.20. The van der Waals surface area contributed by atoms with Crippen LogP contribution in [0, 0.1) is 0 Å². The van der Waals surface area contributed by atoms with Crippen LogP contribution in [-0.4, -0.2) is 15.9 Å². The van der Waals surface area contributed by atoms with E-state index in [1.807, 2.05) is 0 Å². The Labute approximate surface area is 126 Å². The Hall–Kier alpha value is -2.41. The number of aromatic hydroxyl groups is 1. The van der Waals surface area contributed by atoms with Crippen molar-refractivity contribution in [3.63, 3.8) is 0 Å². The summed E-state index contributed by atoms with van der Waals surface area (Å²) in [4.78, 5) is 16.2. The van der Waals surface area contributed by atoms with Gasteiger partial charge in [-0.2, -0.15) is 13.2 Å². The Morgan fingerprint density at radius 3 is 2.41 bits per heavy atom. The molecule has 0 unspecified atom stereocenters. The van der Waals surface area contributed by atoms with Gasteiger partial charge in [0.05, 0.1) is 15.8 Å². The first-order chi connectivity index (χ1) is 10.3. The molecule has 0 aliphatic carbocycles. The number of carbonyl (C=O) groups is 1. The van der Waals surface area contributed by atoms with E-state index < -0.39 is 17.5 Å². The van der Waals surface area contributed by atoms with E-state index in [9.17, 15) is 23.1 Å². The van der Waals surface area contributed by atoms with Gasteiger partial charge in [0.15, 0.2) is 5.01 Å². The van der Waals surface area contributed by atoms with Gasteiger partial charge < -0.3 is 5.11 Å². The smallest absolute Gasteiger partial charge is 0.416 e. The number of halogens is 3. The number of fused-ring (bicyclic) bond motifs is 1. The molecule has 0 atom stereocenters. The summed E-state index contributed by atoms with van der Waals surface area (Å²) < 4.78 is 38.5. The molecule has 3 aromatic rings. The van der Waals surface area contributed by atoms with Gasteiger partial charge >= 0.3 is 6.18 Å². The van der Waals surface area contributed by atoms with Crippen molar-refractivity contribution in [2.45, 2.75) is 6.18 Å². The quantitative estimate of drug-likeness (QED) is 0.717. The highest BCUT2D eigenvalue weighted by Gasteiger charge is 2.31. The second-order valence-corrected chi connectivity index (χ2v) is 5.61. The second-order valence-electron chi connectivity index (χ2n) is 4.58. The molecule has 112 valence electrons. The molecule has 0 saturated carbocycles. The van der Waals surface area contributed by atoms with Crippen LogP contribution in [0.15, 0.2) is 42.5 Å². The van der Waals surface area contributed by atoms with E-state index in [2.05, 4.69) is 4.98 Å². The summed E-state index contributed by atoms with van der Waals surface area (Å²) in [6.07, 6.45) is -4.45. The zero-order chi connectivity index (χ0) is 15.9. The van der Waals surface area contributed by atoms with E-state index in [1.165, 1.54) is 30.3 Å². The van der Waals surface area contributed by atoms with Crippen LogP contribution in [0.4, 0.5) is 13.2 Å². The van der Waals surface area contributed by atoms with E-state index >= 15 is 0 Å². The fourth-order valence-electron chi connectivity index (χ4n) is 1.94. The Bertz CT molecular complexity index is 853. The predicted molar refractivity (Wildman–Crippen MR) is 76.2 cm³/mol. The van der Waals surface area contributed by atoms with E-state index in [0.29, 0.717) is 10.3 Å². The summed E-state index contributed by atoms with van der Waals surface area (Å²) in [5.74, 6) is -0.370. The molecular weight excluding hydrogens is 315 g/mol. The van der Waals surface area contributed by atoms with Crippen molar-refractivity contribution in [3.8, 4) is 5.75 Å². The van der Waals surface area contributed by atoms with Crippen LogP contribution in [0.1, 0.15) is 20.9 Å². The lowest BCUT2D eigenvalue weighted by atomic mass is 10.1. The molecule has 0 spiro atoms. The van der Waals surface area contributed by atoms with Gasteiger partial charge in [0, 0.05) is 5.56 Å². The molecule has 1 aromatic heterocycles. The number of phenols is 1. The van der Waals surface area contributed by atoms with E-state index in [4.69, 9.17) is 0 Å². The molecule has 1 N–H and O–H groups in total. The Morgan fingerprint density at radius 1 is 1.09 bits per heavy atom. The van der Waals surface area contributed by atoms with Crippen LogP contribution in [0.25, 0.3) is 10.2 Å². The van der Waals surface area contributed by atoms with Crippen molar-refractivity contribution in [1.82, 2.24) is 4.98 Å². The first-order valence-corrected chi connectivity index (χ1v) is 6.98. The van der Waals surface area contributed by atoms with Gasteiger partial charge in [-0.3, -0.25) is 4.79 Å². The lowest BCUT2D eigenvalue weighted by Crippen LogP contribution is -2.04. The molecule has 0 saturated heterocycles. The van der Waals surface area contributed by atoms with Crippen molar-refractivity contribution in [3.05, 3.63) is 58.6 Å². The van der Waals surface area contributed by atoms with Crippen LogP contribution in [0.5, 0.6) is 5.75 Å². The van der Waals surface area contributed by atoms with Crippen LogP contribution >= 0.6 is 11.3 Å². The number of alkyl halides is 3. The highest BCUT2D eigenvalue weighted by atomic mass is 32.1. The van der Waals surface area contributed by atoms with Crippen molar-refractivity contribution in [1.29, 1.82) is 0 Å². The molecule has 0 radical (unpaired) electrons. The van der Waals surface area contributed by atoms with Gasteiger partial charge in [0.2, 0.25) is 5.78 Å². The molecule has 22 heavy (non-hydrogen) atoms. The maximum atomic E-state index is 12.7. The average Bonchev–Trinajstić information content (AvgIpc) is 2.89. The molecule has 0 aliphatic rings. The average molecular weight is 323 g/mol. The molecule has 0 aliphatic heterocycles. The van der Waals surface area contributed by atoms with Gasteiger partial charge in [-0.25, -0.2) is 4.98 Å². The molecule has 0 fully saturated rings. The van der Waals surface area contributed by atoms with Crippen LogP contribution in [-0.2, 0) is 6.18 Å². The predicted octanol–water partition coefficient (Wildman–Crippen LogP) is 4.25. The van der Waals surface area contributed by atoms with Gasteiger partial charge in [-0.05, 0) is 42.5 Å². The Kier molecular flexibility index (Phi) is 3.37. The highest BCUT2D eigenvalue weighted by Crippen LogP contribution is 2.33. The largest absolute Gasteiger partial charge is 0.508 e. The number of rotatable bonds is 2. The molecule has 2 aromatic carbocycles. The number of carbonyl (C=O) groups excluding carboxylic acids is 1. The SMILES string of the molecule is O=C(c1ccc(O)cc1)c1nc2cc(C(F)(F)F)ccc2s1. The monoisotopic (exact) mass is 323 g/mol. The number of hydrogen-bond acceptors (Lipinski definition) is 4. The number of thiazole rings is 1. The fraction of sp³-hybridized carbons (Fsp3) is 0.0667. The second kappa shape index (κ2) is 5.10. The fourth-order valence-corrected chi connectivity index (χ4v) is 2.85. The third-order valence-corrected chi connectivity index (χ3v) is 4.07. The molecule has 0 amide bonds. The standard InChI is InChI=1S/C15H8F3NO2S/c16-15(17,18)9-3-6-12-11(7-9)19-14(22-12)13(21)8-1-4-10(20)5-2-8/h1-7,20H. The van der Waals surface area contributed by atoms with Crippen LogP contribution in [0.3, 0.4) is 0 Å². The number of nitrogens with zero attached hydrogens (tertiary/aromatic N) is 1. The third-order valence-electron chi connectivity index (χ3n) is 3.04. The Balaban J connectivity index is 2.01. The summed E-state index contributed by atoms with van der Waals surface area (Å²) in [6.45, 7) is 0. The molecular formula is C15H8F3NO2S. The van der Waals surface area contributed by atoms with Gasteiger partial charge in [0.1, 0.15) is 5.75 Å². The number of ketones is 1. The van der Waals surface area contributed by atoms with Crippen molar-refractivity contribution >= 4 is 27.3 Å². The van der Waals surface area contributed by atoms with Gasteiger partial charge in [-0.1, -0.05) is 0 Å². The summed E-state index contributed by atoms with van der Waals surface area (Å²) in [6, 6.07) is 8.80. The number of hydrogen-bond donors (Lipinski definition) is 1. The minimum Gasteiger partial charge on any atom is -0.508 e.